The van der Waals surface area contributed by atoms with Crippen molar-refractivity contribution in [3.8, 4) is 6.07 Å². The van der Waals surface area contributed by atoms with Gasteiger partial charge in [0, 0.05) is 0 Å². The van der Waals surface area contributed by atoms with Crippen molar-refractivity contribution in [2.45, 2.75) is 24.8 Å². The van der Waals surface area contributed by atoms with Crippen LogP contribution in [0, 0.1) is 18.3 Å². The molecule has 0 aromatic heterocycles. The standard InChI is InChI=1S/C19H19N3O5S/c1-13-7-9-16(10-8-13)28(25,26)22-14(2)19(24)27-12-18(23)21-17-6-4-3-5-15(17)11-20/h3-10,14,22H,12H2,1-2H3,(H,21,23)/t14-/m1/s1. The molecule has 0 aliphatic rings. The summed E-state index contributed by atoms with van der Waals surface area (Å²) in [5, 5.41) is 11.4. The fourth-order valence-electron chi connectivity index (χ4n) is 2.20. The van der Waals surface area contributed by atoms with E-state index in [4.69, 9.17) is 10.00 Å². The second-order valence-corrected chi connectivity index (χ2v) is 7.68. The lowest BCUT2D eigenvalue weighted by atomic mass is 10.2. The molecule has 0 aliphatic heterocycles. The van der Waals surface area contributed by atoms with Crippen LogP contribution in [0.3, 0.4) is 0 Å². The molecule has 0 spiro atoms. The number of nitriles is 1. The van der Waals surface area contributed by atoms with Crippen molar-refractivity contribution in [2.24, 2.45) is 0 Å². The SMILES string of the molecule is Cc1ccc(S(=O)(=O)N[C@H](C)C(=O)OCC(=O)Nc2ccccc2C#N)cc1. The number of carbonyl (C=O) groups is 2. The second kappa shape index (κ2) is 9.12. The minimum atomic E-state index is -3.90. The summed E-state index contributed by atoms with van der Waals surface area (Å²) in [5.41, 5.74) is 1.45. The number of hydrogen-bond donors (Lipinski definition) is 2. The molecule has 146 valence electrons. The number of esters is 1. The van der Waals surface area contributed by atoms with Crippen LogP contribution < -0.4 is 10.0 Å². The highest BCUT2D eigenvalue weighted by molar-refractivity contribution is 7.89. The van der Waals surface area contributed by atoms with Gasteiger partial charge in [-0.1, -0.05) is 29.8 Å². The fraction of sp³-hybridized carbons (Fsp3) is 0.211. The highest BCUT2D eigenvalue weighted by atomic mass is 32.2. The molecule has 28 heavy (non-hydrogen) atoms. The van der Waals surface area contributed by atoms with Crippen LogP contribution in [-0.4, -0.2) is 32.9 Å². The second-order valence-electron chi connectivity index (χ2n) is 5.97. The minimum absolute atomic E-state index is 0.0172. The Morgan fingerprint density at radius 3 is 2.43 bits per heavy atom. The number of aryl methyl sites for hydroxylation is 1. The Bertz CT molecular complexity index is 1010. The molecule has 2 rings (SSSR count). The Morgan fingerprint density at radius 2 is 1.79 bits per heavy atom. The third-order valence-corrected chi connectivity index (χ3v) is 5.24. The molecule has 2 N–H and O–H groups in total. The topological polar surface area (TPSA) is 125 Å². The van der Waals surface area contributed by atoms with Crippen molar-refractivity contribution >= 4 is 27.6 Å². The monoisotopic (exact) mass is 401 g/mol. The van der Waals surface area contributed by atoms with E-state index in [2.05, 4.69) is 10.0 Å². The first-order valence-corrected chi connectivity index (χ1v) is 9.76. The molecule has 0 bridgehead atoms. The molecule has 0 aliphatic carbocycles. The van der Waals surface area contributed by atoms with Crippen LogP contribution in [-0.2, 0) is 24.3 Å². The van der Waals surface area contributed by atoms with Gasteiger partial charge in [0.05, 0.1) is 16.1 Å². The molecular weight excluding hydrogens is 382 g/mol. The van der Waals surface area contributed by atoms with Crippen molar-refractivity contribution in [1.29, 1.82) is 5.26 Å². The van der Waals surface area contributed by atoms with Gasteiger partial charge in [-0.05, 0) is 38.1 Å². The maximum atomic E-state index is 12.3. The van der Waals surface area contributed by atoms with E-state index in [0.29, 0.717) is 5.69 Å². The zero-order valence-electron chi connectivity index (χ0n) is 15.3. The Balaban J connectivity index is 1.91. The molecule has 1 amide bonds. The fourth-order valence-corrected chi connectivity index (χ4v) is 3.40. The van der Waals surface area contributed by atoms with Crippen LogP contribution in [0.1, 0.15) is 18.1 Å². The summed E-state index contributed by atoms with van der Waals surface area (Å²) in [5.74, 6) is -1.55. The number of nitrogens with zero attached hydrogens (tertiary/aromatic N) is 1. The number of anilines is 1. The van der Waals surface area contributed by atoms with Gasteiger partial charge >= 0.3 is 5.97 Å². The van der Waals surface area contributed by atoms with Gasteiger partial charge in [0.25, 0.3) is 5.91 Å². The summed E-state index contributed by atoms with van der Waals surface area (Å²) in [4.78, 5) is 23.9. The Hall–Kier alpha value is -3.22. The van der Waals surface area contributed by atoms with Gasteiger partial charge in [-0.25, -0.2) is 8.42 Å². The third kappa shape index (κ3) is 5.64. The molecular formula is C19H19N3O5S. The molecule has 2 aromatic rings. The molecule has 1 atom stereocenters. The number of para-hydroxylation sites is 1. The summed E-state index contributed by atoms with van der Waals surface area (Å²) in [6.07, 6.45) is 0. The van der Waals surface area contributed by atoms with Crippen LogP contribution in [0.5, 0.6) is 0 Å². The molecule has 0 fully saturated rings. The van der Waals surface area contributed by atoms with E-state index in [1.54, 1.807) is 24.3 Å². The van der Waals surface area contributed by atoms with E-state index in [0.717, 1.165) is 5.56 Å². The number of rotatable bonds is 7. The van der Waals surface area contributed by atoms with Crippen molar-refractivity contribution < 1.29 is 22.7 Å². The largest absolute Gasteiger partial charge is 0.454 e. The van der Waals surface area contributed by atoms with E-state index < -0.39 is 34.5 Å². The van der Waals surface area contributed by atoms with Crippen molar-refractivity contribution in [2.75, 3.05) is 11.9 Å². The molecule has 0 unspecified atom stereocenters. The first kappa shape index (κ1) is 21.1. The van der Waals surface area contributed by atoms with Crippen LogP contribution in [0.25, 0.3) is 0 Å². The summed E-state index contributed by atoms with van der Waals surface area (Å²) in [6.45, 7) is 2.52. The van der Waals surface area contributed by atoms with Crippen molar-refractivity contribution in [3.63, 3.8) is 0 Å². The van der Waals surface area contributed by atoms with E-state index in [9.17, 15) is 18.0 Å². The van der Waals surface area contributed by atoms with Crippen molar-refractivity contribution in [3.05, 3.63) is 59.7 Å². The number of hydrogen-bond acceptors (Lipinski definition) is 6. The Labute approximate surface area is 163 Å². The number of sulfonamides is 1. The summed E-state index contributed by atoms with van der Waals surface area (Å²) in [7, 11) is -3.90. The van der Waals surface area contributed by atoms with Gasteiger partial charge < -0.3 is 10.1 Å². The normalized spacial score (nSPS) is 11.9. The van der Waals surface area contributed by atoms with E-state index in [1.807, 2.05) is 13.0 Å². The molecule has 9 heteroatoms. The van der Waals surface area contributed by atoms with Gasteiger partial charge in [-0.2, -0.15) is 9.98 Å². The zero-order chi connectivity index (χ0) is 20.7. The molecule has 0 saturated carbocycles. The molecule has 0 heterocycles. The predicted molar refractivity (Wildman–Crippen MR) is 102 cm³/mol. The third-order valence-electron chi connectivity index (χ3n) is 3.68. The van der Waals surface area contributed by atoms with Crippen LogP contribution in [0.2, 0.25) is 0 Å². The van der Waals surface area contributed by atoms with E-state index in [-0.39, 0.29) is 10.5 Å². The number of benzene rings is 2. The first-order valence-electron chi connectivity index (χ1n) is 8.27. The van der Waals surface area contributed by atoms with Gasteiger partial charge in [-0.3, -0.25) is 9.59 Å². The lowest BCUT2D eigenvalue weighted by Crippen LogP contribution is -2.40. The van der Waals surface area contributed by atoms with E-state index >= 15 is 0 Å². The molecule has 2 aromatic carbocycles. The highest BCUT2D eigenvalue weighted by Crippen LogP contribution is 2.13. The van der Waals surface area contributed by atoms with Gasteiger partial charge in [0.2, 0.25) is 10.0 Å². The lowest BCUT2D eigenvalue weighted by molar-refractivity contribution is -0.148. The molecule has 8 nitrogen and oxygen atoms in total. The number of carbonyl (C=O) groups excluding carboxylic acids is 2. The zero-order valence-corrected chi connectivity index (χ0v) is 16.1. The quantitative estimate of drug-likeness (QED) is 0.681. The number of nitrogens with one attached hydrogen (secondary N) is 2. The number of amides is 1. The number of ether oxygens (including phenoxy) is 1. The minimum Gasteiger partial charge on any atom is -0.454 e. The van der Waals surface area contributed by atoms with Crippen LogP contribution in [0.4, 0.5) is 5.69 Å². The molecule has 0 radical (unpaired) electrons. The molecule has 0 saturated heterocycles. The van der Waals surface area contributed by atoms with Gasteiger partial charge in [-0.15, -0.1) is 0 Å². The highest BCUT2D eigenvalue weighted by Gasteiger charge is 2.23. The van der Waals surface area contributed by atoms with E-state index in [1.165, 1.54) is 31.2 Å². The predicted octanol–water partition coefficient (Wildman–Crippen LogP) is 1.72. The van der Waals surface area contributed by atoms with Crippen molar-refractivity contribution in [1.82, 2.24) is 4.72 Å². The first-order chi connectivity index (χ1) is 13.2. The summed E-state index contributed by atoms with van der Waals surface area (Å²) in [6, 6.07) is 13.2. The average molecular weight is 401 g/mol. The smallest absolute Gasteiger partial charge is 0.324 e. The van der Waals surface area contributed by atoms with Gasteiger partial charge in [0.1, 0.15) is 12.1 Å². The van der Waals surface area contributed by atoms with Gasteiger partial charge in [0.15, 0.2) is 6.61 Å². The van der Waals surface area contributed by atoms with Crippen LogP contribution >= 0.6 is 0 Å². The Kier molecular flexibility index (Phi) is 6.87. The summed E-state index contributed by atoms with van der Waals surface area (Å²) >= 11 is 0. The maximum absolute atomic E-state index is 12.3. The van der Waals surface area contributed by atoms with Crippen LogP contribution in [0.15, 0.2) is 53.4 Å². The average Bonchev–Trinajstić information content (AvgIpc) is 2.66. The lowest BCUT2D eigenvalue weighted by Gasteiger charge is -2.14. The maximum Gasteiger partial charge on any atom is 0.324 e. The summed E-state index contributed by atoms with van der Waals surface area (Å²) < 4.78 is 31.6. The Morgan fingerprint density at radius 1 is 1.14 bits per heavy atom.